The number of nitrogens with one attached hydrogen (secondary N) is 2. The topological polar surface area (TPSA) is 82.2 Å². The number of anilines is 1. The second kappa shape index (κ2) is 6.50. The van der Waals surface area contributed by atoms with E-state index in [0.717, 1.165) is 12.1 Å². The number of aromatic nitrogens is 1. The van der Waals surface area contributed by atoms with E-state index in [1.54, 1.807) is 0 Å². The van der Waals surface area contributed by atoms with Gasteiger partial charge in [0.1, 0.15) is 12.4 Å². The van der Waals surface area contributed by atoms with Crippen LogP contribution in [0.1, 0.15) is 15.9 Å². The molecular formula is C15H11FN2O3. The quantitative estimate of drug-likeness (QED) is 0.723. The Morgan fingerprint density at radius 3 is 2.86 bits per heavy atom. The van der Waals surface area contributed by atoms with Crippen molar-refractivity contribution in [3.8, 4) is 11.8 Å². The summed E-state index contributed by atoms with van der Waals surface area (Å²) in [5.41, 5.74) is 0.302. The van der Waals surface area contributed by atoms with Crippen molar-refractivity contribution in [3.05, 3.63) is 63.8 Å². The molecular weight excluding hydrogens is 275 g/mol. The maximum atomic E-state index is 13.2. The first-order chi connectivity index (χ1) is 10.1. The monoisotopic (exact) mass is 286 g/mol. The number of benzene rings is 1. The fraction of sp³-hybridized carbons (Fsp3) is 0.0667. The fourth-order valence-corrected chi connectivity index (χ4v) is 1.64. The van der Waals surface area contributed by atoms with Crippen molar-refractivity contribution >= 4 is 11.6 Å². The summed E-state index contributed by atoms with van der Waals surface area (Å²) in [6.45, 7) is -0.377. The van der Waals surface area contributed by atoms with Crippen molar-refractivity contribution in [1.29, 1.82) is 0 Å². The van der Waals surface area contributed by atoms with Crippen molar-refractivity contribution in [1.82, 2.24) is 4.98 Å². The Labute approximate surface area is 119 Å². The third-order valence-corrected chi connectivity index (χ3v) is 2.57. The zero-order valence-corrected chi connectivity index (χ0v) is 10.8. The summed E-state index contributed by atoms with van der Waals surface area (Å²) in [6.07, 6.45) is 1.36. The van der Waals surface area contributed by atoms with Crippen molar-refractivity contribution in [2.24, 2.45) is 0 Å². The summed E-state index contributed by atoms with van der Waals surface area (Å²) in [6, 6.07) is 6.28. The summed E-state index contributed by atoms with van der Waals surface area (Å²) in [4.78, 5) is 25.6. The molecule has 1 aromatic carbocycles. The molecule has 0 aliphatic carbocycles. The number of carbonyl (C=O) groups excluding carboxylic acids is 1. The molecule has 0 atom stereocenters. The van der Waals surface area contributed by atoms with Crippen LogP contribution in [-0.2, 0) is 0 Å². The van der Waals surface area contributed by atoms with Gasteiger partial charge in [-0.1, -0.05) is 11.8 Å². The first-order valence-corrected chi connectivity index (χ1v) is 5.99. The van der Waals surface area contributed by atoms with Crippen LogP contribution in [0, 0.1) is 17.7 Å². The minimum atomic E-state index is -0.514. The van der Waals surface area contributed by atoms with E-state index in [2.05, 4.69) is 22.1 Å². The first-order valence-electron chi connectivity index (χ1n) is 5.99. The van der Waals surface area contributed by atoms with Crippen LogP contribution < -0.4 is 10.9 Å². The summed E-state index contributed by atoms with van der Waals surface area (Å²) >= 11 is 0. The molecule has 0 radical (unpaired) electrons. The average Bonchev–Trinajstić information content (AvgIpc) is 2.47. The van der Waals surface area contributed by atoms with Crippen LogP contribution in [0.4, 0.5) is 10.1 Å². The molecule has 106 valence electrons. The first kappa shape index (κ1) is 14.5. The second-order valence-electron chi connectivity index (χ2n) is 4.05. The van der Waals surface area contributed by atoms with Gasteiger partial charge >= 0.3 is 0 Å². The highest BCUT2D eigenvalue weighted by molar-refractivity contribution is 6.04. The lowest BCUT2D eigenvalue weighted by atomic mass is 10.1. The van der Waals surface area contributed by atoms with E-state index in [4.69, 9.17) is 5.11 Å². The summed E-state index contributed by atoms with van der Waals surface area (Å²) in [7, 11) is 0. The number of pyridine rings is 1. The minimum Gasteiger partial charge on any atom is -0.384 e. The molecule has 6 heteroatoms. The highest BCUT2D eigenvalue weighted by Crippen LogP contribution is 2.17. The molecule has 0 saturated carbocycles. The van der Waals surface area contributed by atoms with E-state index >= 15 is 0 Å². The molecule has 2 aromatic rings. The molecule has 1 aromatic heterocycles. The van der Waals surface area contributed by atoms with Gasteiger partial charge in [0.25, 0.3) is 5.91 Å². The van der Waals surface area contributed by atoms with Crippen LogP contribution in [0.3, 0.4) is 0 Å². The third-order valence-electron chi connectivity index (χ3n) is 2.57. The van der Waals surface area contributed by atoms with Crippen LogP contribution in [-0.4, -0.2) is 22.6 Å². The van der Waals surface area contributed by atoms with Crippen molar-refractivity contribution in [2.75, 3.05) is 11.9 Å². The third kappa shape index (κ3) is 3.78. The number of halogens is 1. The number of hydrogen-bond donors (Lipinski definition) is 3. The molecule has 0 saturated heterocycles. The van der Waals surface area contributed by atoms with E-state index in [9.17, 15) is 14.0 Å². The van der Waals surface area contributed by atoms with E-state index in [1.165, 1.54) is 24.4 Å². The molecule has 2 rings (SSSR count). The highest BCUT2D eigenvalue weighted by Gasteiger charge is 2.09. The number of aromatic amines is 1. The van der Waals surface area contributed by atoms with E-state index < -0.39 is 17.3 Å². The molecule has 1 heterocycles. The van der Waals surface area contributed by atoms with Gasteiger partial charge in [0, 0.05) is 17.8 Å². The van der Waals surface area contributed by atoms with Gasteiger partial charge in [-0.15, -0.1) is 0 Å². The molecule has 0 bridgehead atoms. The molecule has 0 spiro atoms. The molecule has 21 heavy (non-hydrogen) atoms. The van der Waals surface area contributed by atoms with Gasteiger partial charge in [0.15, 0.2) is 0 Å². The van der Waals surface area contributed by atoms with Crippen LogP contribution in [0.15, 0.2) is 41.3 Å². The van der Waals surface area contributed by atoms with Gasteiger partial charge in [-0.05, 0) is 24.3 Å². The van der Waals surface area contributed by atoms with Crippen LogP contribution in [0.5, 0.6) is 0 Å². The van der Waals surface area contributed by atoms with Crippen LogP contribution >= 0.6 is 0 Å². The maximum absolute atomic E-state index is 13.2. The SMILES string of the molecule is O=C(Nc1ccc(F)cc1C#CCO)c1cc[nH]c(=O)c1. The Bertz CT molecular complexity index is 787. The number of amides is 1. The van der Waals surface area contributed by atoms with Gasteiger partial charge in [-0.3, -0.25) is 9.59 Å². The highest BCUT2D eigenvalue weighted by atomic mass is 19.1. The second-order valence-corrected chi connectivity index (χ2v) is 4.05. The van der Waals surface area contributed by atoms with Crippen molar-refractivity contribution in [3.63, 3.8) is 0 Å². The summed E-state index contributed by atoms with van der Waals surface area (Å²) in [5, 5.41) is 11.2. The van der Waals surface area contributed by atoms with Gasteiger partial charge < -0.3 is 15.4 Å². The summed E-state index contributed by atoms with van der Waals surface area (Å²) < 4.78 is 13.2. The zero-order valence-electron chi connectivity index (χ0n) is 10.8. The normalized spacial score (nSPS) is 9.62. The minimum absolute atomic E-state index is 0.171. The van der Waals surface area contributed by atoms with Crippen molar-refractivity contribution in [2.45, 2.75) is 0 Å². The number of carbonyl (C=O) groups is 1. The number of aliphatic hydroxyl groups excluding tert-OH is 1. The Kier molecular flexibility index (Phi) is 4.49. The number of H-pyrrole nitrogens is 1. The Morgan fingerprint density at radius 1 is 1.33 bits per heavy atom. The molecule has 0 fully saturated rings. The largest absolute Gasteiger partial charge is 0.384 e. The number of hydrogen-bond acceptors (Lipinski definition) is 3. The lowest BCUT2D eigenvalue weighted by Crippen LogP contribution is -2.16. The smallest absolute Gasteiger partial charge is 0.255 e. The standard InChI is InChI=1S/C15H11FN2O3/c16-12-3-4-13(10(8-12)2-1-7-19)18-15(21)11-5-6-17-14(20)9-11/h3-6,8-9,19H,7H2,(H,17,20)(H,18,21). The fourth-order valence-electron chi connectivity index (χ4n) is 1.64. The Hall–Kier alpha value is -2.91. The average molecular weight is 286 g/mol. The molecule has 5 nitrogen and oxygen atoms in total. The van der Waals surface area contributed by atoms with E-state index in [1.807, 2.05) is 0 Å². The molecule has 0 aliphatic heterocycles. The van der Waals surface area contributed by atoms with E-state index in [0.29, 0.717) is 5.69 Å². The van der Waals surface area contributed by atoms with Gasteiger partial charge in [0.2, 0.25) is 5.56 Å². The molecule has 0 aliphatic rings. The van der Waals surface area contributed by atoms with Gasteiger partial charge in [-0.25, -0.2) is 4.39 Å². The van der Waals surface area contributed by atoms with Crippen LogP contribution in [0.2, 0.25) is 0 Å². The predicted molar refractivity (Wildman–Crippen MR) is 75.4 cm³/mol. The molecule has 0 unspecified atom stereocenters. The number of rotatable bonds is 2. The Balaban J connectivity index is 2.31. The predicted octanol–water partition coefficient (Wildman–Crippen LogP) is 1.11. The molecule has 3 N–H and O–H groups in total. The zero-order chi connectivity index (χ0) is 15.2. The van der Waals surface area contributed by atoms with Crippen molar-refractivity contribution < 1.29 is 14.3 Å². The lowest BCUT2D eigenvalue weighted by molar-refractivity contribution is 0.102. The van der Waals surface area contributed by atoms with Gasteiger partial charge in [-0.2, -0.15) is 0 Å². The van der Waals surface area contributed by atoms with Crippen LogP contribution in [0.25, 0.3) is 0 Å². The lowest BCUT2D eigenvalue weighted by Gasteiger charge is -2.07. The summed E-state index contributed by atoms with van der Waals surface area (Å²) in [5.74, 6) is 3.91. The maximum Gasteiger partial charge on any atom is 0.255 e. The van der Waals surface area contributed by atoms with Gasteiger partial charge in [0.05, 0.1) is 11.3 Å². The van der Waals surface area contributed by atoms with E-state index in [-0.39, 0.29) is 17.7 Å². The number of aliphatic hydroxyl groups is 1. The molecule has 1 amide bonds. The Morgan fingerprint density at radius 2 is 2.14 bits per heavy atom.